The average Bonchev–Trinajstić information content (AvgIpc) is 2.39. The fourth-order valence-corrected chi connectivity index (χ4v) is 2.49. The van der Waals surface area contributed by atoms with Gasteiger partial charge in [0, 0.05) is 57.4 Å². The van der Waals surface area contributed by atoms with Gasteiger partial charge in [0.15, 0.2) is 0 Å². The number of nitrogens with two attached hydrogens (primary N) is 1. The van der Waals surface area contributed by atoms with Crippen LogP contribution in [-0.2, 0) is 11.3 Å². The van der Waals surface area contributed by atoms with Gasteiger partial charge in [0.2, 0.25) is 0 Å². The summed E-state index contributed by atoms with van der Waals surface area (Å²) in [5, 5.41) is 10.6. The average molecular weight is 265 g/mol. The summed E-state index contributed by atoms with van der Waals surface area (Å²) in [4.78, 5) is 6.54. The molecule has 106 valence electrons. The van der Waals surface area contributed by atoms with Crippen molar-refractivity contribution in [2.45, 2.75) is 31.9 Å². The van der Waals surface area contributed by atoms with Gasteiger partial charge in [-0.2, -0.15) is 0 Å². The Labute approximate surface area is 114 Å². The highest BCUT2D eigenvalue weighted by atomic mass is 16.5. The van der Waals surface area contributed by atoms with Crippen LogP contribution in [0.4, 0.5) is 5.82 Å². The zero-order chi connectivity index (χ0) is 13.9. The Morgan fingerprint density at radius 3 is 2.74 bits per heavy atom. The second kappa shape index (κ2) is 5.86. The molecule has 1 aromatic rings. The van der Waals surface area contributed by atoms with E-state index in [2.05, 4.69) is 4.98 Å². The number of hydrogen-bond acceptors (Lipinski definition) is 5. The maximum absolute atomic E-state index is 10.6. The maximum atomic E-state index is 10.6. The van der Waals surface area contributed by atoms with Crippen LogP contribution in [0.15, 0.2) is 12.1 Å². The summed E-state index contributed by atoms with van der Waals surface area (Å²) in [6.07, 6.45) is 1.34. The van der Waals surface area contributed by atoms with Crippen molar-refractivity contribution in [3.8, 4) is 0 Å². The van der Waals surface area contributed by atoms with Crippen LogP contribution in [0.5, 0.6) is 0 Å². The number of aromatic nitrogens is 1. The van der Waals surface area contributed by atoms with Crippen molar-refractivity contribution in [1.29, 1.82) is 0 Å². The summed E-state index contributed by atoms with van der Waals surface area (Å²) < 4.78 is 5.30. The number of aliphatic hydroxyl groups is 1. The minimum atomic E-state index is -0.690. The van der Waals surface area contributed by atoms with Gasteiger partial charge >= 0.3 is 0 Å². The first-order chi connectivity index (χ1) is 9.04. The van der Waals surface area contributed by atoms with E-state index in [1.807, 2.05) is 31.0 Å². The van der Waals surface area contributed by atoms with Crippen molar-refractivity contribution < 1.29 is 9.84 Å². The van der Waals surface area contributed by atoms with Crippen molar-refractivity contribution >= 4 is 5.82 Å². The Kier molecular flexibility index (Phi) is 4.39. The summed E-state index contributed by atoms with van der Waals surface area (Å²) in [5.74, 6) is 0.863. The number of nitrogens with zero attached hydrogens (tertiary/aromatic N) is 2. The predicted molar refractivity (Wildman–Crippen MR) is 75.1 cm³/mol. The Balaban J connectivity index is 2.14. The van der Waals surface area contributed by atoms with Crippen molar-refractivity contribution in [3.63, 3.8) is 0 Å². The van der Waals surface area contributed by atoms with Crippen LogP contribution in [0.25, 0.3) is 0 Å². The predicted octanol–water partition coefficient (Wildman–Crippen LogP) is 0.826. The summed E-state index contributed by atoms with van der Waals surface area (Å²) in [7, 11) is 1.95. The smallest absolute Gasteiger partial charge is 0.133 e. The zero-order valence-electron chi connectivity index (χ0n) is 11.7. The highest BCUT2D eigenvalue weighted by molar-refractivity contribution is 5.47. The number of ether oxygens (including phenoxy) is 1. The van der Waals surface area contributed by atoms with E-state index in [0.29, 0.717) is 39.1 Å². The van der Waals surface area contributed by atoms with Crippen molar-refractivity contribution in [2.24, 2.45) is 5.73 Å². The van der Waals surface area contributed by atoms with Gasteiger partial charge in [-0.05, 0) is 13.0 Å². The minimum Gasteiger partial charge on any atom is -0.388 e. The summed E-state index contributed by atoms with van der Waals surface area (Å²) >= 11 is 0. The van der Waals surface area contributed by atoms with E-state index in [9.17, 15) is 5.11 Å². The molecule has 5 heteroatoms. The van der Waals surface area contributed by atoms with Crippen LogP contribution >= 0.6 is 0 Å². The molecule has 5 nitrogen and oxygen atoms in total. The second-order valence-electron chi connectivity index (χ2n) is 5.33. The molecule has 2 heterocycles. The molecule has 1 fully saturated rings. The van der Waals surface area contributed by atoms with Crippen molar-refractivity contribution in [3.05, 3.63) is 23.4 Å². The molecule has 0 aliphatic carbocycles. The molecule has 0 bridgehead atoms. The summed E-state index contributed by atoms with van der Waals surface area (Å²) in [6.45, 7) is 4.21. The quantitative estimate of drug-likeness (QED) is 0.843. The molecule has 0 spiro atoms. The fraction of sp³-hybridized carbons (Fsp3) is 0.643. The third-order valence-corrected chi connectivity index (χ3v) is 3.63. The molecule has 0 saturated carbocycles. The van der Waals surface area contributed by atoms with Crippen LogP contribution < -0.4 is 10.6 Å². The monoisotopic (exact) mass is 265 g/mol. The van der Waals surface area contributed by atoms with Gasteiger partial charge in [-0.1, -0.05) is 6.07 Å². The molecule has 0 amide bonds. The molecule has 3 N–H and O–H groups in total. The highest BCUT2D eigenvalue weighted by Crippen LogP contribution is 2.25. The van der Waals surface area contributed by atoms with Gasteiger partial charge in [0.25, 0.3) is 0 Å². The third-order valence-electron chi connectivity index (χ3n) is 3.63. The molecular weight excluding hydrogens is 242 g/mol. The van der Waals surface area contributed by atoms with Crippen LogP contribution in [-0.4, -0.2) is 42.5 Å². The zero-order valence-corrected chi connectivity index (χ0v) is 11.7. The fourth-order valence-electron chi connectivity index (χ4n) is 2.49. The van der Waals surface area contributed by atoms with Gasteiger partial charge in [-0.25, -0.2) is 4.98 Å². The van der Waals surface area contributed by atoms with E-state index >= 15 is 0 Å². The van der Waals surface area contributed by atoms with E-state index in [1.165, 1.54) is 0 Å². The lowest BCUT2D eigenvalue weighted by Gasteiger charge is -2.36. The lowest BCUT2D eigenvalue weighted by atomic mass is 9.94. The van der Waals surface area contributed by atoms with E-state index in [1.54, 1.807) is 0 Å². The molecular formula is C14H23N3O2. The molecule has 1 aliphatic heterocycles. The Hall–Kier alpha value is -1.17. The van der Waals surface area contributed by atoms with Crippen molar-refractivity contribution in [1.82, 2.24) is 4.98 Å². The SMILES string of the molecule is Cc1ccc(CN)c(N(C)CC2(O)CCOCC2)n1. The molecule has 0 aromatic carbocycles. The van der Waals surface area contributed by atoms with Gasteiger partial charge < -0.3 is 20.5 Å². The van der Waals surface area contributed by atoms with E-state index in [-0.39, 0.29) is 0 Å². The number of hydrogen-bond donors (Lipinski definition) is 2. The molecule has 0 radical (unpaired) electrons. The Morgan fingerprint density at radius 2 is 2.11 bits per heavy atom. The number of rotatable bonds is 4. The minimum absolute atomic E-state index is 0.453. The van der Waals surface area contributed by atoms with E-state index < -0.39 is 5.60 Å². The van der Waals surface area contributed by atoms with E-state index in [4.69, 9.17) is 10.5 Å². The Morgan fingerprint density at radius 1 is 1.42 bits per heavy atom. The lowest BCUT2D eigenvalue weighted by molar-refractivity contribution is -0.0573. The van der Waals surface area contributed by atoms with Crippen LogP contribution in [0.2, 0.25) is 0 Å². The van der Waals surface area contributed by atoms with Crippen LogP contribution in [0.3, 0.4) is 0 Å². The standard InChI is InChI=1S/C14H23N3O2/c1-11-3-4-12(9-15)13(16-11)17(2)10-14(18)5-7-19-8-6-14/h3-4,18H,5-10,15H2,1-2H3. The third kappa shape index (κ3) is 3.43. The normalized spacial score (nSPS) is 18.3. The second-order valence-corrected chi connectivity index (χ2v) is 5.33. The van der Waals surface area contributed by atoms with Gasteiger partial charge in [0.1, 0.15) is 5.82 Å². The van der Waals surface area contributed by atoms with Gasteiger partial charge in [-0.15, -0.1) is 0 Å². The first-order valence-corrected chi connectivity index (χ1v) is 6.72. The van der Waals surface area contributed by atoms with Crippen molar-refractivity contribution in [2.75, 3.05) is 31.7 Å². The number of aryl methyl sites for hydroxylation is 1. The topological polar surface area (TPSA) is 71.6 Å². The molecule has 0 unspecified atom stereocenters. The van der Waals surface area contributed by atoms with E-state index in [0.717, 1.165) is 17.1 Å². The number of pyridine rings is 1. The lowest BCUT2D eigenvalue weighted by Crippen LogP contribution is -2.46. The number of anilines is 1. The van der Waals surface area contributed by atoms with Crippen LogP contribution in [0, 0.1) is 6.92 Å². The van der Waals surface area contributed by atoms with Gasteiger partial charge in [0.05, 0.1) is 5.60 Å². The summed E-state index contributed by atoms with van der Waals surface area (Å²) in [5.41, 5.74) is 7.03. The van der Waals surface area contributed by atoms with Gasteiger partial charge in [-0.3, -0.25) is 0 Å². The first-order valence-electron chi connectivity index (χ1n) is 6.72. The molecule has 1 aliphatic rings. The molecule has 1 aromatic heterocycles. The maximum Gasteiger partial charge on any atom is 0.133 e. The molecule has 0 atom stereocenters. The highest BCUT2D eigenvalue weighted by Gasteiger charge is 2.31. The van der Waals surface area contributed by atoms with Crippen LogP contribution in [0.1, 0.15) is 24.1 Å². The summed E-state index contributed by atoms with van der Waals surface area (Å²) in [6, 6.07) is 3.96. The largest absolute Gasteiger partial charge is 0.388 e. The Bertz CT molecular complexity index is 431. The number of likely N-dealkylation sites (N-methyl/N-ethyl adjacent to an activating group) is 1. The molecule has 1 saturated heterocycles. The first kappa shape index (κ1) is 14.2. The molecule has 2 rings (SSSR count). The molecule has 19 heavy (non-hydrogen) atoms.